The molecule has 82 valence electrons. The second kappa shape index (κ2) is 4.51. The predicted octanol–water partition coefficient (Wildman–Crippen LogP) is 3.46. The Morgan fingerprint density at radius 3 is 2.27 bits per heavy atom. The molecular weight excluding hydrogens is 198 g/mol. The first-order valence-corrected chi connectivity index (χ1v) is 4.96. The molecule has 1 aromatic rings. The van der Waals surface area contributed by atoms with Crippen LogP contribution in [0, 0.1) is 6.92 Å². The van der Waals surface area contributed by atoms with E-state index in [4.69, 9.17) is 0 Å². The van der Waals surface area contributed by atoms with Crippen LogP contribution in [0.1, 0.15) is 30.9 Å². The summed E-state index contributed by atoms with van der Waals surface area (Å²) in [6.07, 6.45) is 0.362. The van der Waals surface area contributed by atoms with Gasteiger partial charge in [0.2, 0.25) is 5.78 Å². The third-order valence-electron chi connectivity index (χ3n) is 2.24. The minimum absolute atomic E-state index is 0.0825. The summed E-state index contributed by atoms with van der Waals surface area (Å²) < 4.78 is 27.0. The van der Waals surface area contributed by atoms with Crippen molar-refractivity contribution in [2.45, 2.75) is 32.6 Å². The van der Waals surface area contributed by atoms with E-state index in [0.29, 0.717) is 6.42 Å². The third kappa shape index (κ3) is 2.61. The molecule has 0 aliphatic carbocycles. The van der Waals surface area contributed by atoms with Gasteiger partial charge in [0.25, 0.3) is 0 Å². The highest BCUT2D eigenvalue weighted by molar-refractivity contribution is 5.86. The van der Waals surface area contributed by atoms with Crippen LogP contribution in [-0.2, 0) is 10.7 Å². The molecule has 0 unspecified atom stereocenters. The number of halogens is 2. The Labute approximate surface area is 88.1 Å². The first-order valence-electron chi connectivity index (χ1n) is 4.96. The number of Topliss-reactive ketones (excluding diaryl/α,β-unsaturated/α-hetero) is 1. The molecule has 0 fully saturated rings. The monoisotopic (exact) mass is 212 g/mol. The lowest BCUT2D eigenvalue weighted by atomic mass is 10.0. The molecule has 0 saturated carbocycles. The number of rotatable bonds is 4. The lowest BCUT2D eigenvalue weighted by molar-refractivity contribution is -0.144. The van der Waals surface area contributed by atoms with Crippen molar-refractivity contribution in [3.05, 3.63) is 35.4 Å². The van der Waals surface area contributed by atoms with Gasteiger partial charge in [-0.1, -0.05) is 36.8 Å². The molecule has 0 bridgehead atoms. The molecule has 0 aliphatic heterocycles. The fourth-order valence-corrected chi connectivity index (χ4v) is 1.31. The van der Waals surface area contributed by atoms with Gasteiger partial charge in [-0.05, 0) is 13.3 Å². The summed E-state index contributed by atoms with van der Waals surface area (Å²) >= 11 is 0. The van der Waals surface area contributed by atoms with Crippen LogP contribution < -0.4 is 0 Å². The molecule has 0 radical (unpaired) electrons. The van der Waals surface area contributed by atoms with Crippen LogP contribution in [0.2, 0.25) is 0 Å². The van der Waals surface area contributed by atoms with Crippen LogP contribution in [0.5, 0.6) is 0 Å². The summed E-state index contributed by atoms with van der Waals surface area (Å²) in [5.41, 5.74) is 0.684. The van der Waals surface area contributed by atoms with Crippen LogP contribution in [-0.4, -0.2) is 5.78 Å². The molecule has 0 heterocycles. The molecule has 3 heteroatoms. The first kappa shape index (κ1) is 11.8. The highest BCUT2D eigenvalue weighted by Gasteiger charge is 2.39. The van der Waals surface area contributed by atoms with Gasteiger partial charge in [0, 0.05) is 12.0 Å². The number of benzene rings is 1. The zero-order chi connectivity index (χ0) is 11.5. The average molecular weight is 212 g/mol. The van der Waals surface area contributed by atoms with Crippen molar-refractivity contribution in [3.8, 4) is 0 Å². The van der Waals surface area contributed by atoms with Crippen molar-refractivity contribution >= 4 is 5.78 Å². The minimum Gasteiger partial charge on any atom is -0.293 e. The molecule has 0 atom stereocenters. The van der Waals surface area contributed by atoms with E-state index in [-0.39, 0.29) is 12.0 Å². The number of hydrogen-bond donors (Lipinski definition) is 0. The number of alkyl halides is 2. The smallest absolute Gasteiger partial charge is 0.293 e. The van der Waals surface area contributed by atoms with Crippen molar-refractivity contribution in [3.63, 3.8) is 0 Å². The molecule has 15 heavy (non-hydrogen) atoms. The van der Waals surface area contributed by atoms with Gasteiger partial charge in [-0.15, -0.1) is 0 Å². The number of ketones is 1. The molecule has 0 amide bonds. The van der Waals surface area contributed by atoms with Crippen LogP contribution >= 0.6 is 0 Å². The molecule has 0 spiro atoms. The van der Waals surface area contributed by atoms with E-state index in [9.17, 15) is 13.6 Å². The minimum atomic E-state index is -3.34. The van der Waals surface area contributed by atoms with E-state index in [0.717, 1.165) is 5.56 Å². The maximum atomic E-state index is 13.5. The van der Waals surface area contributed by atoms with Gasteiger partial charge < -0.3 is 0 Å². The fourth-order valence-electron chi connectivity index (χ4n) is 1.31. The van der Waals surface area contributed by atoms with Crippen molar-refractivity contribution < 1.29 is 13.6 Å². The number of hydrogen-bond acceptors (Lipinski definition) is 1. The number of aryl methyl sites for hydroxylation is 1. The van der Waals surface area contributed by atoms with Crippen molar-refractivity contribution in [1.29, 1.82) is 0 Å². The van der Waals surface area contributed by atoms with Gasteiger partial charge in [-0.3, -0.25) is 4.79 Å². The van der Waals surface area contributed by atoms with Crippen molar-refractivity contribution in [1.82, 2.24) is 0 Å². The molecule has 0 N–H and O–H groups in total. The molecule has 1 aromatic carbocycles. The standard InChI is InChI=1S/C12H14F2O/c1-3-4-11(15)12(13,14)10-7-5-9(2)6-8-10/h5-8H,3-4H2,1-2H3. The topological polar surface area (TPSA) is 17.1 Å². The average Bonchev–Trinajstić information content (AvgIpc) is 2.18. The van der Waals surface area contributed by atoms with Gasteiger partial charge in [-0.2, -0.15) is 8.78 Å². The predicted molar refractivity (Wildman–Crippen MR) is 55.0 cm³/mol. The largest absolute Gasteiger partial charge is 0.330 e. The molecule has 1 rings (SSSR count). The highest BCUT2D eigenvalue weighted by Crippen LogP contribution is 2.30. The van der Waals surface area contributed by atoms with Crippen LogP contribution in [0.15, 0.2) is 24.3 Å². The van der Waals surface area contributed by atoms with E-state index in [1.807, 2.05) is 6.92 Å². The quantitative estimate of drug-likeness (QED) is 0.747. The Kier molecular flexibility index (Phi) is 3.56. The van der Waals surface area contributed by atoms with Crippen LogP contribution in [0.4, 0.5) is 8.78 Å². The number of carbonyl (C=O) groups excluding carboxylic acids is 1. The Hall–Kier alpha value is -1.25. The van der Waals surface area contributed by atoms with Gasteiger partial charge in [-0.25, -0.2) is 0 Å². The summed E-state index contributed by atoms with van der Waals surface area (Å²) in [5.74, 6) is -4.35. The lowest BCUT2D eigenvalue weighted by Gasteiger charge is -2.14. The zero-order valence-corrected chi connectivity index (χ0v) is 8.89. The van der Waals surface area contributed by atoms with E-state index >= 15 is 0 Å². The lowest BCUT2D eigenvalue weighted by Crippen LogP contribution is -2.25. The van der Waals surface area contributed by atoms with E-state index in [1.165, 1.54) is 12.1 Å². The van der Waals surface area contributed by atoms with Crippen molar-refractivity contribution in [2.75, 3.05) is 0 Å². The fraction of sp³-hybridized carbons (Fsp3) is 0.417. The Bertz CT molecular complexity index is 341. The first-order chi connectivity index (χ1) is 6.98. The van der Waals surface area contributed by atoms with E-state index < -0.39 is 11.7 Å². The molecule has 0 aromatic heterocycles. The summed E-state index contributed by atoms with van der Waals surface area (Å²) in [6.45, 7) is 3.53. The summed E-state index contributed by atoms with van der Waals surface area (Å²) in [4.78, 5) is 11.2. The molecule has 1 nitrogen and oxygen atoms in total. The van der Waals surface area contributed by atoms with Gasteiger partial charge in [0.15, 0.2) is 0 Å². The molecule has 0 saturated heterocycles. The Morgan fingerprint density at radius 2 is 1.80 bits per heavy atom. The van der Waals surface area contributed by atoms with Crippen molar-refractivity contribution in [2.24, 2.45) is 0 Å². The summed E-state index contributed by atoms with van der Waals surface area (Å²) in [6, 6.07) is 5.79. The van der Waals surface area contributed by atoms with Crippen LogP contribution in [0.25, 0.3) is 0 Å². The maximum absolute atomic E-state index is 13.5. The molecular formula is C12H14F2O. The third-order valence-corrected chi connectivity index (χ3v) is 2.24. The Balaban J connectivity index is 2.94. The zero-order valence-electron chi connectivity index (χ0n) is 8.89. The van der Waals surface area contributed by atoms with E-state index in [1.54, 1.807) is 19.1 Å². The number of carbonyl (C=O) groups is 1. The second-order valence-corrected chi connectivity index (χ2v) is 3.61. The SMILES string of the molecule is CCCC(=O)C(F)(F)c1ccc(C)cc1. The van der Waals surface area contributed by atoms with Gasteiger partial charge in [0.05, 0.1) is 0 Å². The van der Waals surface area contributed by atoms with Gasteiger partial charge >= 0.3 is 5.92 Å². The maximum Gasteiger partial charge on any atom is 0.330 e. The summed E-state index contributed by atoms with van der Waals surface area (Å²) in [7, 11) is 0. The Morgan fingerprint density at radius 1 is 1.27 bits per heavy atom. The normalized spacial score (nSPS) is 11.5. The second-order valence-electron chi connectivity index (χ2n) is 3.61. The van der Waals surface area contributed by atoms with E-state index in [2.05, 4.69) is 0 Å². The van der Waals surface area contributed by atoms with Crippen LogP contribution in [0.3, 0.4) is 0 Å². The molecule has 0 aliphatic rings. The highest BCUT2D eigenvalue weighted by atomic mass is 19.3. The summed E-state index contributed by atoms with van der Waals surface area (Å²) in [5, 5.41) is 0. The van der Waals surface area contributed by atoms with Gasteiger partial charge in [0.1, 0.15) is 0 Å².